The van der Waals surface area contributed by atoms with Crippen molar-refractivity contribution in [1.29, 1.82) is 0 Å². The first-order chi connectivity index (χ1) is 17.9. The molecule has 0 rings (SSSR count). The average Bonchev–Trinajstić information content (AvgIpc) is 2.89. The van der Waals surface area contributed by atoms with Gasteiger partial charge in [-0.1, -0.05) is 143 Å². The second-order valence-electron chi connectivity index (χ2n) is 11.6. The van der Waals surface area contributed by atoms with Crippen molar-refractivity contribution in [3.05, 3.63) is 0 Å². The molecule has 0 aliphatic carbocycles. The molecule has 0 aromatic rings. The number of hydrogen-bond acceptors (Lipinski definition) is 2. The number of carbonyl (C=O) groups excluding carboxylic acids is 2. The van der Waals surface area contributed by atoms with E-state index in [2.05, 4.69) is 27.7 Å². The highest BCUT2D eigenvalue weighted by atomic mass is 16.2. The van der Waals surface area contributed by atoms with Gasteiger partial charge in [-0.2, -0.15) is 0 Å². The first-order valence-corrected chi connectivity index (χ1v) is 16.4. The van der Waals surface area contributed by atoms with E-state index in [1.54, 1.807) is 0 Å². The Bertz CT molecular complexity index is 490. The SMILES string of the molecule is CCCCCCCCC(CCCCC)N(C)C(=O)CC(=O)N(C)C(CCCCC)CCCCCCCC. The third kappa shape index (κ3) is 18.8. The van der Waals surface area contributed by atoms with Crippen molar-refractivity contribution in [2.75, 3.05) is 14.1 Å². The standard InChI is InChI=1S/C33H66N2O2/c1-7-11-15-17-19-23-27-30(25-21-13-9-3)34(5)32(36)29-33(37)35(6)31(26-22-14-10-4)28-24-20-18-16-12-8-2/h30-31H,7-29H2,1-6H3. The number of nitrogens with zero attached hydrogens (tertiary/aromatic N) is 2. The Balaban J connectivity index is 4.88. The molecule has 0 aliphatic heterocycles. The molecule has 2 amide bonds. The molecular formula is C33H66N2O2. The molecule has 0 aliphatic rings. The zero-order valence-corrected chi connectivity index (χ0v) is 26.1. The lowest BCUT2D eigenvalue weighted by Gasteiger charge is -2.31. The van der Waals surface area contributed by atoms with Crippen LogP contribution in [0, 0.1) is 0 Å². The van der Waals surface area contributed by atoms with Crippen LogP contribution < -0.4 is 0 Å². The minimum atomic E-state index is 0.0104. The van der Waals surface area contributed by atoms with Crippen LogP contribution in [0.5, 0.6) is 0 Å². The van der Waals surface area contributed by atoms with Crippen molar-refractivity contribution >= 4 is 11.8 Å². The molecular weight excluding hydrogens is 456 g/mol. The molecule has 0 heterocycles. The first kappa shape index (κ1) is 35.9. The third-order valence-electron chi connectivity index (χ3n) is 8.25. The Morgan fingerprint density at radius 2 is 0.676 bits per heavy atom. The molecule has 0 N–H and O–H groups in total. The van der Waals surface area contributed by atoms with Crippen LogP contribution in [0.2, 0.25) is 0 Å². The summed E-state index contributed by atoms with van der Waals surface area (Å²) in [5, 5.41) is 0. The minimum Gasteiger partial charge on any atom is -0.342 e. The summed E-state index contributed by atoms with van der Waals surface area (Å²) in [6.45, 7) is 8.97. The maximum absolute atomic E-state index is 13.2. The van der Waals surface area contributed by atoms with E-state index in [9.17, 15) is 9.59 Å². The predicted molar refractivity (Wildman–Crippen MR) is 162 cm³/mol. The lowest BCUT2D eigenvalue weighted by atomic mass is 9.98. The average molecular weight is 523 g/mol. The molecule has 0 aromatic carbocycles. The van der Waals surface area contributed by atoms with Gasteiger partial charge in [0.2, 0.25) is 11.8 Å². The monoisotopic (exact) mass is 523 g/mol. The summed E-state index contributed by atoms with van der Waals surface area (Å²) in [7, 11) is 3.89. The van der Waals surface area contributed by atoms with Crippen molar-refractivity contribution in [1.82, 2.24) is 9.80 Å². The second kappa shape index (κ2) is 25.2. The quantitative estimate of drug-likeness (QED) is 0.0837. The zero-order valence-electron chi connectivity index (χ0n) is 26.1. The van der Waals surface area contributed by atoms with Crippen molar-refractivity contribution in [2.45, 2.75) is 187 Å². The minimum absolute atomic E-state index is 0.0104. The highest BCUT2D eigenvalue weighted by molar-refractivity contribution is 5.96. The van der Waals surface area contributed by atoms with Crippen LogP contribution in [0.15, 0.2) is 0 Å². The van der Waals surface area contributed by atoms with Gasteiger partial charge in [0, 0.05) is 26.2 Å². The maximum atomic E-state index is 13.2. The van der Waals surface area contributed by atoms with Gasteiger partial charge in [-0.15, -0.1) is 0 Å². The normalized spacial score (nSPS) is 12.9. The van der Waals surface area contributed by atoms with Gasteiger partial charge in [0.25, 0.3) is 0 Å². The lowest BCUT2D eigenvalue weighted by Crippen LogP contribution is -2.43. The Morgan fingerprint density at radius 1 is 0.432 bits per heavy atom. The van der Waals surface area contributed by atoms with Gasteiger partial charge in [-0.25, -0.2) is 0 Å². The van der Waals surface area contributed by atoms with Crippen molar-refractivity contribution in [2.24, 2.45) is 0 Å². The van der Waals surface area contributed by atoms with E-state index < -0.39 is 0 Å². The molecule has 0 fully saturated rings. The third-order valence-corrected chi connectivity index (χ3v) is 8.25. The van der Waals surface area contributed by atoms with Gasteiger partial charge in [0.1, 0.15) is 6.42 Å². The van der Waals surface area contributed by atoms with Crippen LogP contribution in [0.4, 0.5) is 0 Å². The smallest absolute Gasteiger partial charge is 0.232 e. The molecule has 0 saturated carbocycles. The van der Waals surface area contributed by atoms with E-state index in [-0.39, 0.29) is 30.3 Å². The van der Waals surface area contributed by atoms with Crippen molar-refractivity contribution in [3.8, 4) is 0 Å². The number of amides is 2. The molecule has 0 spiro atoms. The van der Waals surface area contributed by atoms with Crippen LogP contribution in [0.1, 0.15) is 175 Å². The van der Waals surface area contributed by atoms with Gasteiger partial charge in [-0.3, -0.25) is 9.59 Å². The fraction of sp³-hybridized carbons (Fsp3) is 0.939. The van der Waals surface area contributed by atoms with Crippen LogP contribution >= 0.6 is 0 Å². The Labute approximate surface area is 232 Å². The van der Waals surface area contributed by atoms with E-state index >= 15 is 0 Å². The molecule has 2 atom stereocenters. The number of carbonyl (C=O) groups is 2. The van der Waals surface area contributed by atoms with Gasteiger partial charge in [-0.05, 0) is 25.7 Å². The molecule has 37 heavy (non-hydrogen) atoms. The first-order valence-electron chi connectivity index (χ1n) is 16.4. The number of unbranched alkanes of at least 4 members (excludes halogenated alkanes) is 14. The molecule has 220 valence electrons. The second-order valence-corrected chi connectivity index (χ2v) is 11.6. The molecule has 0 aromatic heterocycles. The molecule has 4 nitrogen and oxygen atoms in total. The van der Waals surface area contributed by atoms with Gasteiger partial charge >= 0.3 is 0 Å². The summed E-state index contributed by atoms with van der Waals surface area (Å²) in [5.74, 6) is 0.0208. The van der Waals surface area contributed by atoms with Crippen molar-refractivity contribution < 1.29 is 9.59 Å². The highest BCUT2D eigenvalue weighted by Gasteiger charge is 2.25. The molecule has 0 saturated heterocycles. The van der Waals surface area contributed by atoms with E-state index in [0.717, 1.165) is 25.7 Å². The maximum Gasteiger partial charge on any atom is 0.232 e. The Hall–Kier alpha value is -1.06. The summed E-state index contributed by atoms with van der Waals surface area (Å²) in [4.78, 5) is 30.3. The molecule has 0 bridgehead atoms. The summed E-state index contributed by atoms with van der Waals surface area (Å²) in [5.41, 5.74) is 0. The largest absolute Gasteiger partial charge is 0.342 e. The zero-order chi connectivity index (χ0) is 27.7. The summed E-state index contributed by atoms with van der Waals surface area (Å²) < 4.78 is 0. The van der Waals surface area contributed by atoms with Gasteiger partial charge in [0.05, 0.1) is 0 Å². The van der Waals surface area contributed by atoms with E-state index in [0.29, 0.717) is 0 Å². The fourth-order valence-corrected chi connectivity index (χ4v) is 5.43. The molecule has 4 heteroatoms. The Morgan fingerprint density at radius 3 is 1.00 bits per heavy atom. The predicted octanol–water partition coefficient (Wildman–Crippen LogP) is 9.69. The van der Waals surface area contributed by atoms with Crippen molar-refractivity contribution in [3.63, 3.8) is 0 Å². The lowest BCUT2D eigenvalue weighted by molar-refractivity contribution is -0.141. The molecule has 0 radical (unpaired) electrons. The van der Waals surface area contributed by atoms with Crippen LogP contribution in [-0.4, -0.2) is 47.8 Å². The van der Waals surface area contributed by atoms with Crippen LogP contribution in [-0.2, 0) is 9.59 Å². The number of rotatable bonds is 26. The molecule has 2 unspecified atom stereocenters. The van der Waals surface area contributed by atoms with Gasteiger partial charge < -0.3 is 9.80 Å². The summed E-state index contributed by atoms with van der Waals surface area (Å²) in [6, 6.07) is 0.540. The highest BCUT2D eigenvalue weighted by Crippen LogP contribution is 2.20. The summed E-state index contributed by atoms with van der Waals surface area (Å²) in [6.07, 6.45) is 26.8. The summed E-state index contributed by atoms with van der Waals surface area (Å²) >= 11 is 0. The van der Waals surface area contributed by atoms with E-state index in [1.807, 2.05) is 23.9 Å². The Kier molecular flexibility index (Phi) is 24.5. The van der Waals surface area contributed by atoms with Crippen LogP contribution in [0.3, 0.4) is 0 Å². The topological polar surface area (TPSA) is 40.6 Å². The van der Waals surface area contributed by atoms with Crippen LogP contribution in [0.25, 0.3) is 0 Å². The van der Waals surface area contributed by atoms with E-state index in [4.69, 9.17) is 0 Å². The fourth-order valence-electron chi connectivity index (χ4n) is 5.43. The van der Waals surface area contributed by atoms with Gasteiger partial charge in [0.15, 0.2) is 0 Å². The number of hydrogen-bond donors (Lipinski definition) is 0. The van der Waals surface area contributed by atoms with E-state index in [1.165, 1.54) is 116 Å².